The molecule has 0 fully saturated rings. The van der Waals surface area contributed by atoms with E-state index in [1.807, 2.05) is 13.8 Å². The fraction of sp³-hybridized carbons (Fsp3) is 0.476. The second-order valence-corrected chi connectivity index (χ2v) is 22.2. The number of esters is 1. The molecular weight excluding hydrogens is 783 g/mol. The molecule has 2 heterocycles. The van der Waals surface area contributed by atoms with E-state index in [0.717, 1.165) is 6.07 Å². The van der Waals surface area contributed by atoms with Crippen molar-refractivity contribution < 1.29 is 40.7 Å². The lowest BCUT2D eigenvalue weighted by Crippen LogP contribution is -2.47. The number of carbonyl (C=O) groups is 2. The Labute approximate surface area is 337 Å². The normalized spacial score (nSPS) is 13.3. The number of amides is 1. The molecule has 0 unspecified atom stereocenters. The number of aromatic nitrogens is 3. The summed E-state index contributed by atoms with van der Waals surface area (Å²) >= 11 is 6.66. The van der Waals surface area contributed by atoms with Gasteiger partial charge in [0.2, 0.25) is 0 Å². The molecular formula is C42H50ClF5N4O4Si. The van der Waals surface area contributed by atoms with Crippen LogP contribution in [0.2, 0.25) is 23.2 Å². The number of ether oxygens (including phenoxy) is 1. The first kappa shape index (κ1) is 45.4. The molecule has 4 rings (SSSR count). The number of fused-ring (bicyclic) bond motifs is 1. The van der Waals surface area contributed by atoms with E-state index in [0.29, 0.717) is 21.7 Å². The number of alkyl halides is 3. The van der Waals surface area contributed by atoms with Crippen molar-refractivity contribution in [3.8, 4) is 23.0 Å². The van der Waals surface area contributed by atoms with Gasteiger partial charge in [-0.2, -0.15) is 18.3 Å². The van der Waals surface area contributed by atoms with Gasteiger partial charge in [0.25, 0.3) is 0 Å². The summed E-state index contributed by atoms with van der Waals surface area (Å²) in [6.45, 7) is 20.5. The van der Waals surface area contributed by atoms with Crippen LogP contribution in [-0.2, 0) is 32.2 Å². The highest BCUT2D eigenvalue weighted by molar-refractivity contribution is 6.74. The van der Waals surface area contributed by atoms with Crippen LogP contribution in [-0.4, -0.2) is 58.9 Å². The first-order valence-electron chi connectivity index (χ1n) is 18.5. The Morgan fingerprint density at radius 2 is 1.54 bits per heavy atom. The maximum absolute atomic E-state index is 14.6. The first-order valence-corrected chi connectivity index (χ1v) is 21.8. The molecule has 57 heavy (non-hydrogen) atoms. The second-order valence-electron chi connectivity index (χ2n) is 17.0. The zero-order chi connectivity index (χ0) is 43.1. The summed E-state index contributed by atoms with van der Waals surface area (Å²) in [7, 11) is -0.753. The minimum atomic E-state index is -5.19. The van der Waals surface area contributed by atoms with Gasteiger partial charge in [-0.05, 0) is 108 Å². The number of anilines is 1. The number of pyridine rings is 1. The number of carbonyl (C=O) groups excluding carboxylic acids is 2. The fourth-order valence-corrected chi connectivity index (χ4v) is 8.15. The number of benzene rings is 2. The number of nitrogens with zero attached hydrogens (tertiary/aromatic N) is 4. The highest BCUT2D eigenvalue weighted by atomic mass is 35.5. The van der Waals surface area contributed by atoms with E-state index in [9.17, 15) is 31.5 Å². The lowest BCUT2D eigenvalue weighted by Gasteiger charge is -2.40. The zero-order valence-corrected chi connectivity index (χ0v) is 36.2. The Morgan fingerprint density at radius 1 is 0.947 bits per heavy atom. The molecule has 2 aromatic carbocycles. The van der Waals surface area contributed by atoms with Crippen molar-refractivity contribution in [1.82, 2.24) is 14.8 Å². The summed E-state index contributed by atoms with van der Waals surface area (Å²) in [4.78, 5) is 31.6. The molecule has 308 valence electrons. The average Bonchev–Trinajstić information content (AvgIpc) is 3.38. The Kier molecular flexibility index (Phi) is 13.1. The van der Waals surface area contributed by atoms with Crippen molar-refractivity contribution in [3.63, 3.8) is 0 Å². The van der Waals surface area contributed by atoms with Gasteiger partial charge in [0.05, 0.1) is 28.0 Å². The van der Waals surface area contributed by atoms with Crippen LogP contribution in [0.4, 0.5) is 27.8 Å². The van der Waals surface area contributed by atoms with Crippen LogP contribution in [0.1, 0.15) is 91.6 Å². The highest BCUT2D eigenvalue weighted by Gasteiger charge is 2.44. The maximum Gasteiger partial charge on any atom is 0.471 e. The van der Waals surface area contributed by atoms with Crippen LogP contribution in [0, 0.1) is 23.5 Å². The van der Waals surface area contributed by atoms with Gasteiger partial charge in [-0.25, -0.2) is 13.8 Å². The molecule has 0 N–H and O–H groups in total. The third kappa shape index (κ3) is 11.0. The van der Waals surface area contributed by atoms with Crippen molar-refractivity contribution in [2.45, 2.75) is 117 Å². The molecule has 0 aliphatic carbocycles. The second kappa shape index (κ2) is 16.5. The predicted octanol–water partition coefficient (Wildman–Crippen LogP) is 10.7. The lowest BCUT2D eigenvalue weighted by molar-refractivity contribution is -0.170. The van der Waals surface area contributed by atoms with Crippen LogP contribution in [0.15, 0.2) is 42.5 Å². The molecule has 4 aromatic rings. The molecule has 2 aromatic heterocycles. The number of aryl methyl sites for hydroxylation is 1. The summed E-state index contributed by atoms with van der Waals surface area (Å²) < 4.78 is 84.0. The number of halogens is 6. The molecule has 0 aliphatic heterocycles. The summed E-state index contributed by atoms with van der Waals surface area (Å²) in [5.74, 6) is 0.821. The summed E-state index contributed by atoms with van der Waals surface area (Å²) in [5, 5.41) is 4.36. The third-order valence-electron chi connectivity index (χ3n) is 9.63. The molecule has 1 atom stereocenters. The van der Waals surface area contributed by atoms with E-state index in [2.05, 4.69) is 50.8 Å². The number of hydrogen-bond acceptors (Lipinski definition) is 6. The molecule has 0 saturated carbocycles. The van der Waals surface area contributed by atoms with Crippen LogP contribution >= 0.6 is 11.6 Å². The molecule has 0 aliphatic rings. The van der Waals surface area contributed by atoms with Crippen LogP contribution in [0.5, 0.6) is 0 Å². The molecule has 0 radical (unpaired) electrons. The van der Waals surface area contributed by atoms with Gasteiger partial charge in [0.1, 0.15) is 28.5 Å². The van der Waals surface area contributed by atoms with Crippen molar-refractivity contribution in [2.24, 2.45) is 7.05 Å². The number of rotatable bonds is 10. The number of hydrogen-bond donors (Lipinski definition) is 0. The monoisotopic (exact) mass is 832 g/mol. The predicted molar refractivity (Wildman–Crippen MR) is 216 cm³/mol. The first-order chi connectivity index (χ1) is 26.0. The van der Waals surface area contributed by atoms with E-state index < -0.39 is 55.1 Å². The average molecular weight is 833 g/mol. The van der Waals surface area contributed by atoms with Crippen molar-refractivity contribution in [3.05, 3.63) is 76.1 Å². The van der Waals surface area contributed by atoms with Gasteiger partial charge in [-0.15, -0.1) is 0 Å². The van der Waals surface area contributed by atoms with E-state index in [4.69, 9.17) is 25.7 Å². The topological polar surface area (TPSA) is 86.5 Å². The molecule has 1 amide bonds. The Balaban J connectivity index is 2.04. The minimum absolute atomic E-state index is 0.0341. The van der Waals surface area contributed by atoms with E-state index in [1.165, 1.54) is 36.9 Å². The fourth-order valence-electron chi connectivity index (χ4n) is 6.28. The van der Waals surface area contributed by atoms with Crippen LogP contribution in [0.25, 0.3) is 22.0 Å². The zero-order valence-electron chi connectivity index (χ0n) is 34.4. The Hall–Kier alpha value is -4.32. The van der Waals surface area contributed by atoms with Crippen molar-refractivity contribution in [1.29, 1.82) is 0 Å². The smallest absolute Gasteiger partial charge is 0.460 e. The van der Waals surface area contributed by atoms with Gasteiger partial charge in [0, 0.05) is 36.7 Å². The minimum Gasteiger partial charge on any atom is -0.460 e. The van der Waals surface area contributed by atoms with E-state index in [-0.39, 0.29) is 57.4 Å². The maximum atomic E-state index is 14.6. The van der Waals surface area contributed by atoms with Crippen LogP contribution < -0.4 is 4.90 Å². The quantitative estimate of drug-likeness (QED) is 0.0685. The standard InChI is InChI=1S/C42H50ClF5N4O4Si/c1-13-52(38(54)42(46,47)48)37-34-32(43)17-16-31(36(34)51(10)50-37)30-15-14-29(18-19-41(8,9)56-57(11,12)40(5,6)7)49-35(30)26(23-33(53)55-39(2,3)4)20-25-21-27(44)24-28(45)22-25/h14-17,21-22,24,26H,13,20,23H2,1-12H3/t26-/m1/s1. The molecule has 8 nitrogen and oxygen atoms in total. The summed E-state index contributed by atoms with van der Waals surface area (Å²) in [5.41, 5.74) is 0.142. The van der Waals surface area contributed by atoms with Gasteiger partial charge in [0.15, 0.2) is 14.1 Å². The molecule has 0 saturated heterocycles. The Morgan fingerprint density at radius 3 is 2.09 bits per heavy atom. The van der Waals surface area contributed by atoms with Gasteiger partial charge in [-0.1, -0.05) is 44.4 Å². The van der Waals surface area contributed by atoms with Gasteiger partial charge in [-0.3, -0.25) is 19.2 Å². The highest BCUT2D eigenvalue weighted by Crippen LogP contribution is 2.43. The third-order valence-corrected chi connectivity index (χ3v) is 14.6. The van der Waals surface area contributed by atoms with Crippen molar-refractivity contribution in [2.75, 3.05) is 11.4 Å². The SMILES string of the molecule is CCN(C(=O)C(F)(F)F)c1nn(C)c2c(-c3ccc(C#CC(C)(C)O[Si](C)(C)C(C)(C)C)nc3[C@@H](CC(=O)OC(C)(C)C)Cc3cc(F)cc(F)c3)ccc(Cl)c12. The van der Waals surface area contributed by atoms with Gasteiger partial charge < -0.3 is 9.16 Å². The molecule has 0 spiro atoms. The van der Waals surface area contributed by atoms with Crippen LogP contribution in [0.3, 0.4) is 0 Å². The van der Waals surface area contributed by atoms with E-state index in [1.54, 1.807) is 39.0 Å². The lowest BCUT2D eigenvalue weighted by atomic mass is 9.87. The molecule has 0 bridgehead atoms. The largest absolute Gasteiger partial charge is 0.471 e. The summed E-state index contributed by atoms with van der Waals surface area (Å²) in [6.07, 6.45) is -5.53. The Bertz CT molecular complexity index is 2210. The van der Waals surface area contributed by atoms with Crippen molar-refractivity contribution >= 4 is 48.5 Å². The van der Waals surface area contributed by atoms with Gasteiger partial charge >= 0.3 is 18.1 Å². The summed E-state index contributed by atoms with van der Waals surface area (Å²) in [6, 6.07) is 9.54. The molecule has 15 heteroatoms. The van der Waals surface area contributed by atoms with E-state index >= 15 is 0 Å².